The highest BCUT2D eigenvalue weighted by atomic mass is 32.2. The highest BCUT2D eigenvalue weighted by Crippen LogP contribution is 2.32. The summed E-state index contributed by atoms with van der Waals surface area (Å²) in [6.07, 6.45) is 0. The molecular weight excluding hydrogens is 174 g/mol. The third-order valence-electron chi connectivity index (χ3n) is 1.70. The summed E-state index contributed by atoms with van der Waals surface area (Å²) in [7, 11) is 0. The third-order valence-corrected chi connectivity index (χ3v) is 2.62. The average molecular weight is 181 g/mol. The number of fused-ring (bicyclic) bond motifs is 1. The molecule has 1 aliphatic heterocycles. The van der Waals surface area contributed by atoms with E-state index in [1.54, 1.807) is 18.2 Å². The largest absolute Gasteiger partial charge is 0.507 e. The molecular formula is C8H7NO2S. The monoisotopic (exact) mass is 181 g/mol. The SMILES string of the molecule is O=C1CNSc2c(O)cccc21. The Morgan fingerprint density at radius 3 is 3.08 bits per heavy atom. The number of rotatable bonds is 0. The topological polar surface area (TPSA) is 49.3 Å². The molecule has 0 amide bonds. The Morgan fingerprint density at radius 1 is 1.50 bits per heavy atom. The van der Waals surface area contributed by atoms with Gasteiger partial charge >= 0.3 is 0 Å². The van der Waals surface area contributed by atoms with E-state index in [1.807, 2.05) is 0 Å². The van der Waals surface area contributed by atoms with Gasteiger partial charge in [0.15, 0.2) is 5.78 Å². The van der Waals surface area contributed by atoms with Gasteiger partial charge in [0.25, 0.3) is 0 Å². The first-order valence-electron chi connectivity index (χ1n) is 3.54. The molecule has 0 radical (unpaired) electrons. The molecule has 1 aliphatic rings. The van der Waals surface area contributed by atoms with Crippen molar-refractivity contribution in [2.75, 3.05) is 6.54 Å². The van der Waals surface area contributed by atoms with Crippen LogP contribution in [0.4, 0.5) is 0 Å². The van der Waals surface area contributed by atoms with Crippen molar-refractivity contribution in [3.63, 3.8) is 0 Å². The van der Waals surface area contributed by atoms with Gasteiger partial charge in [0.1, 0.15) is 5.75 Å². The van der Waals surface area contributed by atoms with Crippen molar-refractivity contribution in [1.82, 2.24) is 4.72 Å². The van der Waals surface area contributed by atoms with E-state index in [0.29, 0.717) is 17.0 Å². The Hall–Kier alpha value is -1.00. The minimum absolute atomic E-state index is 0.0275. The minimum Gasteiger partial charge on any atom is -0.507 e. The van der Waals surface area contributed by atoms with Gasteiger partial charge in [-0.3, -0.25) is 9.52 Å². The number of aromatic hydroxyl groups is 1. The summed E-state index contributed by atoms with van der Waals surface area (Å²) in [5, 5.41) is 9.36. The molecule has 0 bridgehead atoms. The van der Waals surface area contributed by atoms with Gasteiger partial charge in [-0.1, -0.05) is 6.07 Å². The van der Waals surface area contributed by atoms with E-state index >= 15 is 0 Å². The van der Waals surface area contributed by atoms with E-state index < -0.39 is 0 Å². The summed E-state index contributed by atoms with van der Waals surface area (Å²) in [4.78, 5) is 11.9. The van der Waals surface area contributed by atoms with Crippen LogP contribution in [0.25, 0.3) is 0 Å². The fraction of sp³-hybridized carbons (Fsp3) is 0.125. The van der Waals surface area contributed by atoms with Crippen LogP contribution in [0.2, 0.25) is 0 Å². The van der Waals surface area contributed by atoms with E-state index in [-0.39, 0.29) is 11.5 Å². The molecule has 4 heteroatoms. The van der Waals surface area contributed by atoms with Gasteiger partial charge in [0.2, 0.25) is 0 Å². The fourth-order valence-corrected chi connectivity index (χ4v) is 1.93. The molecule has 2 N–H and O–H groups in total. The first-order valence-corrected chi connectivity index (χ1v) is 4.35. The van der Waals surface area contributed by atoms with Crippen molar-refractivity contribution < 1.29 is 9.90 Å². The lowest BCUT2D eigenvalue weighted by Crippen LogP contribution is -2.22. The molecule has 0 fully saturated rings. The van der Waals surface area contributed by atoms with Crippen molar-refractivity contribution in [3.05, 3.63) is 23.8 Å². The second-order valence-corrected chi connectivity index (χ2v) is 3.40. The normalized spacial score (nSPS) is 15.8. The predicted octanol–water partition coefficient (Wildman–Crippen LogP) is 1.19. The van der Waals surface area contributed by atoms with Gasteiger partial charge in [-0.15, -0.1) is 0 Å². The molecule has 1 aromatic carbocycles. The maximum atomic E-state index is 11.3. The summed E-state index contributed by atoms with van der Waals surface area (Å²) in [6.45, 7) is 0.334. The molecule has 1 aromatic rings. The van der Waals surface area contributed by atoms with Gasteiger partial charge in [0.05, 0.1) is 11.4 Å². The van der Waals surface area contributed by atoms with Crippen LogP contribution < -0.4 is 4.72 Å². The standard InChI is InChI=1S/C8H7NO2S/c10-6-3-1-2-5-7(11)4-9-12-8(5)6/h1-3,9-10H,4H2. The Balaban J connectivity index is 2.59. The summed E-state index contributed by atoms with van der Waals surface area (Å²) in [5.74, 6) is 0.192. The number of benzene rings is 1. The van der Waals surface area contributed by atoms with E-state index in [9.17, 15) is 9.90 Å². The minimum atomic E-state index is 0.0275. The summed E-state index contributed by atoms with van der Waals surface area (Å²) in [6, 6.07) is 4.98. The lowest BCUT2D eigenvalue weighted by atomic mass is 10.1. The number of hydrogen-bond donors (Lipinski definition) is 2. The number of nitrogens with one attached hydrogen (secondary N) is 1. The van der Waals surface area contributed by atoms with E-state index in [0.717, 1.165) is 0 Å². The van der Waals surface area contributed by atoms with Crippen molar-refractivity contribution in [3.8, 4) is 5.75 Å². The Kier molecular flexibility index (Phi) is 1.78. The Bertz CT molecular complexity index is 338. The van der Waals surface area contributed by atoms with Crippen LogP contribution in [-0.2, 0) is 0 Å². The van der Waals surface area contributed by atoms with E-state index in [1.165, 1.54) is 11.9 Å². The first-order chi connectivity index (χ1) is 5.79. The molecule has 62 valence electrons. The van der Waals surface area contributed by atoms with Crippen LogP contribution in [0, 0.1) is 0 Å². The lowest BCUT2D eigenvalue weighted by molar-refractivity contribution is 0.0992. The predicted molar refractivity (Wildman–Crippen MR) is 46.3 cm³/mol. The number of hydrogen-bond acceptors (Lipinski definition) is 4. The zero-order valence-corrected chi connectivity index (χ0v) is 7.02. The van der Waals surface area contributed by atoms with Gasteiger partial charge in [-0.05, 0) is 24.1 Å². The Labute approximate surface area is 73.9 Å². The van der Waals surface area contributed by atoms with Gasteiger partial charge in [-0.25, -0.2) is 0 Å². The van der Waals surface area contributed by atoms with Gasteiger partial charge < -0.3 is 5.11 Å². The zero-order valence-electron chi connectivity index (χ0n) is 6.20. The highest BCUT2D eigenvalue weighted by molar-refractivity contribution is 7.97. The van der Waals surface area contributed by atoms with Crippen LogP contribution in [-0.4, -0.2) is 17.4 Å². The molecule has 0 atom stereocenters. The number of phenols is 1. The van der Waals surface area contributed by atoms with Gasteiger partial charge in [-0.2, -0.15) is 0 Å². The molecule has 0 saturated carbocycles. The maximum absolute atomic E-state index is 11.3. The second kappa shape index (κ2) is 2.80. The van der Waals surface area contributed by atoms with E-state index in [2.05, 4.69) is 4.72 Å². The van der Waals surface area contributed by atoms with Crippen LogP contribution in [0.1, 0.15) is 10.4 Å². The smallest absolute Gasteiger partial charge is 0.178 e. The van der Waals surface area contributed by atoms with Crippen molar-refractivity contribution in [2.24, 2.45) is 0 Å². The molecule has 2 rings (SSSR count). The van der Waals surface area contributed by atoms with Crippen LogP contribution in [0.3, 0.4) is 0 Å². The van der Waals surface area contributed by atoms with Crippen molar-refractivity contribution in [1.29, 1.82) is 0 Å². The molecule has 3 nitrogen and oxygen atoms in total. The number of Topliss-reactive ketones (excluding diaryl/α,β-unsaturated/α-hetero) is 1. The molecule has 0 aliphatic carbocycles. The van der Waals surface area contributed by atoms with Crippen molar-refractivity contribution in [2.45, 2.75) is 4.90 Å². The number of phenolic OH excluding ortho intramolecular Hbond substituents is 1. The molecule has 0 aromatic heterocycles. The van der Waals surface area contributed by atoms with Crippen LogP contribution in [0.5, 0.6) is 5.75 Å². The number of carbonyl (C=O) groups excluding carboxylic acids is 1. The summed E-state index contributed by atoms with van der Waals surface area (Å²) < 4.78 is 2.84. The van der Waals surface area contributed by atoms with Crippen LogP contribution in [0.15, 0.2) is 23.1 Å². The van der Waals surface area contributed by atoms with E-state index in [4.69, 9.17) is 0 Å². The fourth-order valence-electron chi connectivity index (χ4n) is 1.12. The molecule has 0 spiro atoms. The Morgan fingerprint density at radius 2 is 2.33 bits per heavy atom. The lowest BCUT2D eigenvalue weighted by Gasteiger charge is -2.15. The summed E-state index contributed by atoms with van der Waals surface area (Å²) in [5.41, 5.74) is 0.610. The molecule has 0 unspecified atom stereocenters. The number of carbonyl (C=O) groups is 1. The summed E-state index contributed by atoms with van der Waals surface area (Å²) >= 11 is 1.30. The molecule has 12 heavy (non-hydrogen) atoms. The average Bonchev–Trinajstić information content (AvgIpc) is 2.07. The molecule has 0 saturated heterocycles. The first kappa shape index (κ1) is 7.64. The van der Waals surface area contributed by atoms with Crippen LogP contribution >= 0.6 is 11.9 Å². The van der Waals surface area contributed by atoms with Crippen molar-refractivity contribution >= 4 is 17.7 Å². The maximum Gasteiger partial charge on any atom is 0.178 e. The third kappa shape index (κ3) is 1.09. The highest BCUT2D eigenvalue weighted by Gasteiger charge is 2.19. The van der Waals surface area contributed by atoms with Gasteiger partial charge in [0, 0.05) is 5.56 Å². The molecule has 1 heterocycles. The second-order valence-electron chi connectivity index (χ2n) is 2.50. The zero-order chi connectivity index (χ0) is 8.55. The quantitative estimate of drug-likeness (QED) is 0.590. The number of ketones is 1.